The molecule has 5 nitrogen and oxygen atoms in total. The number of carbonyl (C=O) groups excluding carboxylic acids is 1. The summed E-state index contributed by atoms with van der Waals surface area (Å²) in [5.74, 6) is 0.343. The summed E-state index contributed by atoms with van der Waals surface area (Å²) >= 11 is 0. The van der Waals surface area contributed by atoms with Crippen LogP contribution in [-0.4, -0.2) is 38.7 Å². The Labute approximate surface area is 172 Å². The van der Waals surface area contributed by atoms with E-state index in [9.17, 15) is 4.79 Å². The Morgan fingerprint density at radius 2 is 2.03 bits per heavy atom. The first kappa shape index (κ1) is 19.4. The molecular weight excluding hydrogens is 360 g/mol. The van der Waals surface area contributed by atoms with Crippen LogP contribution in [0.3, 0.4) is 0 Å². The van der Waals surface area contributed by atoms with Crippen molar-refractivity contribution in [2.75, 3.05) is 13.1 Å². The fraction of sp³-hybridized carbons (Fsp3) is 0.375. The minimum Gasteiger partial charge on any atom is -0.338 e. The van der Waals surface area contributed by atoms with E-state index in [0.29, 0.717) is 12.1 Å². The van der Waals surface area contributed by atoms with Crippen molar-refractivity contribution in [3.63, 3.8) is 0 Å². The first-order valence-corrected chi connectivity index (χ1v) is 10.3. The van der Waals surface area contributed by atoms with E-state index >= 15 is 0 Å². The van der Waals surface area contributed by atoms with Crippen LogP contribution in [0.25, 0.3) is 0 Å². The number of amides is 1. The van der Waals surface area contributed by atoms with Gasteiger partial charge >= 0.3 is 0 Å². The van der Waals surface area contributed by atoms with Crippen LogP contribution in [0.4, 0.5) is 0 Å². The van der Waals surface area contributed by atoms with Crippen LogP contribution in [0, 0.1) is 13.8 Å². The van der Waals surface area contributed by atoms with Gasteiger partial charge in [0.25, 0.3) is 5.91 Å². The molecule has 3 heterocycles. The molecule has 150 valence electrons. The van der Waals surface area contributed by atoms with Gasteiger partial charge in [0.2, 0.25) is 0 Å². The fourth-order valence-corrected chi connectivity index (χ4v) is 4.25. The van der Waals surface area contributed by atoms with Crippen LogP contribution in [0.2, 0.25) is 0 Å². The maximum absolute atomic E-state index is 12.8. The highest BCUT2D eigenvalue weighted by atomic mass is 16.2. The Morgan fingerprint density at radius 3 is 2.79 bits per heavy atom. The van der Waals surface area contributed by atoms with Gasteiger partial charge < -0.3 is 4.90 Å². The molecule has 1 saturated heterocycles. The van der Waals surface area contributed by atoms with Gasteiger partial charge in [-0.1, -0.05) is 29.8 Å². The second kappa shape index (κ2) is 8.19. The zero-order chi connectivity index (χ0) is 20.4. The molecule has 0 bridgehead atoms. The second-order valence-electron chi connectivity index (χ2n) is 8.20. The molecule has 0 aliphatic carbocycles. The van der Waals surface area contributed by atoms with Crippen molar-refractivity contribution >= 4 is 5.91 Å². The average molecular weight is 389 g/mol. The number of hydrogen-bond donors (Lipinski definition) is 0. The molecule has 0 N–H and O–H groups in total. The van der Waals surface area contributed by atoms with Crippen LogP contribution in [0.5, 0.6) is 0 Å². The van der Waals surface area contributed by atoms with Gasteiger partial charge in [0.05, 0.1) is 11.8 Å². The molecule has 29 heavy (non-hydrogen) atoms. The first-order chi connectivity index (χ1) is 14.0. The molecule has 2 aromatic heterocycles. The molecule has 0 spiro atoms. The highest BCUT2D eigenvalue weighted by Gasteiger charge is 2.27. The smallest absolute Gasteiger partial charge is 0.257 e. The molecule has 1 aliphatic rings. The van der Waals surface area contributed by atoms with Crippen molar-refractivity contribution < 1.29 is 4.79 Å². The lowest BCUT2D eigenvalue weighted by Gasteiger charge is -2.32. The number of nitrogens with zero attached hydrogens (tertiary/aromatic N) is 4. The Kier molecular flexibility index (Phi) is 5.47. The van der Waals surface area contributed by atoms with E-state index in [2.05, 4.69) is 55.3 Å². The van der Waals surface area contributed by atoms with E-state index < -0.39 is 0 Å². The number of aromatic nitrogens is 3. The quantitative estimate of drug-likeness (QED) is 0.678. The minimum atomic E-state index is 0.0652. The van der Waals surface area contributed by atoms with Crippen molar-refractivity contribution in [3.8, 4) is 0 Å². The number of carbonyl (C=O) groups is 1. The largest absolute Gasteiger partial charge is 0.338 e. The molecule has 0 saturated carbocycles. The molecule has 4 rings (SSSR count). The third-order valence-corrected chi connectivity index (χ3v) is 5.60. The van der Waals surface area contributed by atoms with E-state index in [-0.39, 0.29) is 11.8 Å². The standard InChI is InChI=1S/C24H28N4O/c1-17-6-4-7-19(10-17)12-20-11-18(2)26-23(13-20)21-8-5-9-28(16-21)24(29)22-14-25-27(3)15-22/h4,6-7,10-11,13-15,21H,5,8-9,12,16H2,1-3H3/t21-/m0/s1. The highest BCUT2D eigenvalue weighted by Crippen LogP contribution is 2.28. The normalized spacial score (nSPS) is 16.8. The van der Waals surface area contributed by atoms with E-state index in [1.807, 2.05) is 11.9 Å². The van der Waals surface area contributed by atoms with Crippen molar-refractivity contribution in [1.29, 1.82) is 0 Å². The second-order valence-corrected chi connectivity index (χ2v) is 8.20. The number of rotatable bonds is 4. The van der Waals surface area contributed by atoms with Crippen LogP contribution >= 0.6 is 0 Å². The monoisotopic (exact) mass is 388 g/mol. The van der Waals surface area contributed by atoms with Gasteiger partial charge in [-0.15, -0.1) is 0 Å². The van der Waals surface area contributed by atoms with Crippen LogP contribution < -0.4 is 0 Å². The van der Waals surface area contributed by atoms with Gasteiger partial charge in [0.1, 0.15) is 0 Å². The number of likely N-dealkylation sites (tertiary alicyclic amines) is 1. The Morgan fingerprint density at radius 1 is 1.17 bits per heavy atom. The van der Waals surface area contributed by atoms with Crippen molar-refractivity contribution in [1.82, 2.24) is 19.7 Å². The Bertz CT molecular complexity index is 1020. The fourth-order valence-electron chi connectivity index (χ4n) is 4.25. The summed E-state index contributed by atoms with van der Waals surface area (Å²) in [5, 5.41) is 4.14. The van der Waals surface area contributed by atoms with Crippen molar-refractivity contribution in [2.24, 2.45) is 7.05 Å². The third kappa shape index (κ3) is 4.56. The van der Waals surface area contributed by atoms with E-state index in [1.165, 1.54) is 16.7 Å². The van der Waals surface area contributed by atoms with Crippen LogP contribution in [-0.2, 0) is 13.5 Å². The van der Waals surface area contributed by atoms with E-state index in [0.717, 1.165) is 37.2 Å². The zero-order valence-electron chi connectivity index (χ0n) is 17.4. The number of pyridine rings is 1. The van der Waals surface area contributed by atoms with Gasteiger partial charge in [-0.3, -0.25) is 14.5 Å². The highest BCUT2D eigenvalue weighted by molar-refractivity contribution is 5.93. The van der Waals surface area contributed by atoms with Gasteiger partial charge in [0, 0.05) is 43.6 Å². The summed E-state index contributed by atoms with van der Waals surface area (Å²) in [6.07, 6.45) is 6.41. The lowest BCUT2D eigenvalue weighted by atomic mass is 9.92. The molecule has 3 aromatic rings. The number of benzene rings is 1. The molecule has 1 aliphatic heterocycles. The molecule has 1 fully saturated rings. The summed E-state index contributed by atoms with van der Waals surface area (Å²) in [5.41, 5.74) is 6.69. The van der Waals surface area contributed by atoms with E-state index in [4.69, 9.17) is 4.98 Å². The molecule has 1 amide bonds. The maximum atomic E-state index is 12.8. The Balaban J connectivity index is 1.52. The lowest BCUT2D eigenvalue weighted by Crippen LogP contribution is -2.39. The molecule has 5 heteroatoms. The number of hydrogen-bond acceptors (Lipinski definition) is 3. The summed E-state index contributed by atoms with van der Waals surface area (Å²) in [4.78, 5) is 19.6. The van der Waals surface area contributed by atoms with Gasteiger partial charge in [-0.05, 0) is 56.4 Å². The van der Waals surface area contributed by atoms with E-state index in [1.54, 1.807) is 17.1 Å². The molecular formula is C24H28N4O. The van der Waals surface area contributed by atoms with Gasteiger partial charge in [0.15, 0.2) is 0 Å². The summed E-state index contributed by atoms with van der Waals surface area (Å²) < 4.78 is 1.67. The average Bonchev–Trinajstić information content (AvgIpc) is 3.13. The van der Waals surface area contributed by atoms with Crippen LogP contribution in [0.15, 0.2) is 48.8 Å². The Hall–Kier alpha value is -2.95. The topological polar surface area (TPSA) is 51.0 Å². The molecule has 1 aromatic carbocycles. The minimum absolute atomic E-state index is 0.0652. The molecule has 0 radical (unpaired) electrons. The molecule has 1 atom stereocenters. The third-order valence-electron chi connectivity index (χ3n) is 5.60. The number of aryl methyl sites for hydroxylation is 3. The molecule has 0 unspecified atom stereocenters. The summed E-state index contributed by atoms with van der Waals surface area (Å²) in [6.45, 7) is 5.70. The first-order valence-electron chi connectivity index (χ1n) is 10.3. The van der Waals surface area contributed by atoms with Crippen molar-refractivity contribution in [2.45, 2.75) is 39.0 Å². The summed E-state index contributed by atoms with van der Waals surface area (Å²) in [7, 11) is 1.84. The SMILES string of the molecule is Cc1cccc(Cc2cc(C)nc([C@H]3CCCN(C(=O)c4cnn(C)c4)C3)c2)c1. The van der Waals surface area contributed by atoms with Crippen LogP contribution in [0.1, 0.15) is 57.2 Å². The predicted molar refractivity (Wildman–Crippen MR) is 114 cm³/mol. The zero-order valence-corrected chi connectivity index (χ0v) is 17.4. The van der Waals surface area contributed by atoms with Crippen molar-refractivity contribution in [3.05, 3.63) is 82.4 Å². The van der Waals surface area contributed by atoms with Gasteiger partial charge in [-0.2, -0.15) is 5.10 Å². The summed E-state index contributed by atoms with van der Waals surface area (Å²) in [6, 6.07) is 13.1. The lowest BCUT2D eigenvalue weighted by molar-refractivity contribution is 0.0706. The van der Waals surface area contributed by atoms with Gasteiger partial charge in [-0.25, -0.2) is 0 Å². The predicted octanol–water partition coefficient (Wildman–Crippen LogP) is 4.04. The maximum Gasteiger partial charge on any atom is 0.257 e. The number of piperidine rings is 1.